The van der Waals surface area contributed by atoms with Crippen molar-refractivity contribution in [3.05, 3.63) is 65.3 Å². The SMILES string of the molecule is COc1cc(N2CCOCC2)c(-n2cc(C)cn2)cc1Nc1ncc(Br)c(Nc2ccc3nccnc3c2P(C)(C)=O)n1. The van der Waals surface area contributed by atoms with Crippen LogP contribution in [0.15, 0.2) is 59.7 Å². The average Bonchev–Trinajstić information content (AvgIpc) is 3.44. The predicted molar refractivity (Wildman–Crippen MR) is 173 cm³/mol. The Morgan fingerprint density at radius 2 is 1.79 bits per heavy atom. The van der Waals surface area contributed by atoms with Crippen molar-refractivity contribution in [1.82, 2.24) is 29.7 Å². The quantitative estimate of drug-likeness (QED) is 0.211. The second-order valence-electron chi connectivity index (χ2n) is 10.5. The summed E-state index contributed by atoms with van der Waals surface area (Å²) in [4.78, 5) is 20.4. The lowest BCUT2D eigenvalue weighted by molar-refractivity contribution is 0.122. The number of aromatic nitrogens is 6. The second-order valence-corrected chi connectivity index (χ2v) is 14.5. The molecule has 6 rings (SSSR count). The van der Waals surface area contributed by atoms with Crippen molar-refractivity contribution >= 4 is 68.2 Å². The zero-order chi connectivity index (χ0) is 30.1. The molecule has 1 aliphatic heterocycles. The number of hydrogen-bond donors (Lipinski definition) is 2. The molecule has 0 atom stereocenters. The van der Waals surface area contributed by atoms with Gasteiger partial charge >= 0.3 is 0 Å². The highest BCUT2D eigenvalue weighted by Gasteiger charge is 2.23. The van der Waals surface area contributed by atoms with Gasteiger partial charge in [-0.15, -0.1) is 0 Å². The summed E-state index contributed by atoms with van der Waals surface area (Å²) in [7, 11) is -1.12. The van der Waals surface area contributed by atoms with Crippen molar-refractivity contribution in [3.8, 4) is 11.4 Å². The van der Waals surface area contributed by atoms with E-state index in [0.717, 1.165) is 30.0 Å². The van der Waals surface area contributed by atoms with Gasteiger partial charge in [0, 0.05) is 43.9 Å². The van der Waals surface area contributed by atoms with E-state index >= 15 is 0 Å². The summed E-state index contributed by atoms with van der Waals surface area (Å²) >= 11 is 3.56. The summed E-state index contributed by atoms with van der Waals surface area (Å²) < 4.78 is 27.3. The third-order valence-corrected chi connectivity index (χ3v) is 9.11. The van der Waals surface area contributed by atoms with E-state index < -0.39 is 7.14 Å². The smallest absolute Gasteiger partial charge is 0.229 e. The zero-order valence-corrected chi connectivity index (χ0v) is 26.7. The normalized spacial score (nSPS) is 13.7. The topological polar surface area (TPSA) is 132 Å². The van der Waals surface area contributed by atoms with Gasteiger partial charge in [-0.1, -0.05) is 0 Å². The van der Waals surface area contributed by atoms with Crippen molar-refractivity contribution in [1.29, 1.82) is 0 Å². The van der Waals surface area contributed by atoms with Crippen LogP contribution in [-0.4, -0.2) is 76.5 Å². The first-order chi connectivity index (χ1) is 20.7. The Hall–Kier alpha value is -4.06. The van der Waals surface area contributed by atoms with Crippen LogP contribution in [0.25, 0.3) is 16.7 Å². The predicted octanol–water partition coefficient (Wildman–Crippen LogP) is 5.26. The first-order valence-electron chi connectivity index (χ1n) is 13.6. The molecule has 2 aromatic carbocycles. The Morgan fingerprint density at radius 3 is 2.51 bits per heavy atom. The van der Waals surface area contributed by atoms with Gasteiger partial charge in [0.1, 0.15) is 24.2 Å². The lowest BCUT2D eigenvalue weighted by Crippen LogP contribution is -2.36. The van der Waals surface area contributed by atoms with Crippen molar-refractivity contribution < 1.29 is 14.0 Å². The number of methoxy groups -OCH3 is 1. The molecular weight excluding hydrogens is 633 g/mol. The first-order valence-corrected chi connectivity index (χ1v) is 17.0. The number of ether oxygens (including phenoxy) is 2. The van der Waals surface area contributed by atoms with Gasteiger partial charge in [-0.25, -0.2) is 9.67 Å². The summed E-state index contributed by atoms with van der Waals surface area (Å²) in [5.41, 5.74) is 5.50. The van der Waals surface area contributed by atoms with Gasteiger partial charge in [0.15, 0.2) is 0 Å². The number of halogens is 1. The van der Waals surface area contributed by atoms with E-state index in [9.17, 15) is 4.57 Å². The van der Waals surface area contributed by atoms with Crippen molar-refractivity contribution in [2.45, 2.75) is 6.92 Å². The standard InChI is InChI=1S/C29H31BrN9O3P/c1-18-15-34-39(17-18)24-13-22(25(41-2)14-23(24)38-9-11-42-12-10-38)36-29-33-16-19(30)28(37-29)35-21-6-5-20-26(32-8-7-31-20)27(21)43(3,4)40/h5-8,13-17H,9-12H2,1-4H3,(H2,33,35,36,37). The number of morpholine rings is 1. The molecule has 2 N–H and O–H groups in total. The Kier molecular flexibility index (Phi) is 8.04. The van der Waals surface area contributed by atoms with E-state index in [1.165, 1.54) is 0 Å². The zero-order valence-electron chi connectivity index (χ0n) is 24.2. The van der Waals surface area contributed by atoms with Gasteiger partial charge in [-0.05, 0) is 59.9 Å². The van der Waals surface area contributed by atoms with Crippen LogP contribution in [0.2, 0.25) is 0 Å². The van der Waals surface area contributed by atoms with Crippen LogP contribution in [0.3, 0.4) is 0 Å². The molecule has 0 spiro atoms. The number of aryl methyl sites for hydroxylation is 1. The Morgan fingerprint density at radius 1 is 1.00 bits per heavy atom. The van der Waals surface area contributed by atoms with Crippen molar-refractivity contribution in [2.75, 3.05) is 62.3 Å². The van der Waals surface area contributed by atoms with E-state index in [0.29, 0.717) is 62.9 Å². The van der Waals surface area contributed by atoms with Gasteiger partial charge in [0.05, 0.1) is 64.6 Å². The van der Waals surface area contributed by atoms with E-state index in [1.807, 2.05) is 48.3 Å². The van der Waals surface area contributed by atoms with Crippen molar-refractivity contribution in [3.63, 3.8) is 0 Å². The van der Waals surface area contributed by atoms with Crippen LogP contribution in [0.5, 0.6) is 5.75 Å². The summed E-state index contributed by atoms with van der Waals surface area (Å²) in [6, 6.07) is 7.68. The minimum absolute atomic E-state index is 0.337. The molecular formula is C29H31BrN9O3P. The van der Waals surface area contributed by atoms with Crippen LogP contribution in [-0.2, 0) is 9.30 Å². The van der Waals surface area contributed by atoms with E-state index in [4.69, 9.17) is 14.5 Å². The maximum atomic E-state index is 13.4. The molecule has 12 nitrogen and oxygen atoms in total. The molecule has 5 aromatic rings. The number of benzene rings is 2. The summed E-state index contributed by atoms with van der Waals surface area (Å²) in [6.07, 6.45) is 8.69. The maximum Gasteiger partial charge on any atom is 0.229 e. The summed E-state index contributed by atoms with van der Waals surface area (Å²) in [5.74, 6) is 1.45. The third-order valence-electron chi connectivity index (χ3n) is 7.00. The largest absolute Gasteiger partial charge is 0.494 e. The molecule has 1 aliphatic rings. The molecule has 4 heterocycles. The van der Waals surface area contributed by atoms with E-state index in [-0.39, 0.29) is 0 Å². The lowest BCUT2D eigenvalue weighted by Gasteiger charge is -2.31. The molecule has 0 radical (unpaired) electrons. The summed E-state index contributed by atoms with van der Waals surface area (Å²) in [6.45, 7) is 8.27. The Labute approximate surface area is 257 Å². The molecule has 1 fully saturated rings. The fourth-order valence-electron chi connectivity index (χ4n) is 5.04. The molecule has 0 bridgehead atoms. The highest BCUT2D eigenvalue weighted by molar-refractivity contribution is 9.10. The molecule has 3 aromatic heterocycles. The van der Waals surface area contributed by atoms with Gasteiger partial charge in [-0.3, -0.25) is 9.97 Å². The van der Waals surface area contributed by atoms with Crippen LogP contribution >= 0.6 is 23.1 Å². The number of nitrogens with zero attached hydrogens (tertiary/aromatic N) is 7. The van der Waals surface area contributed by atoms with Gasteiger partial charge in [0.25, 0.3) is 0 Å². The maximum absolute atomic E-state index is 13.4. The number of rotatable bonds is 8. The number of nitrogens with one attached hydrogen (secondary N) is 2. The summed E-state index contributed by atoms with van der Waals surface area (Å²) in [5, 5.41) is 11.9. The van der Waals surface area contributed by atoms with Crippen LogP contribution < -0.4 is 25.6 Å². The second kappa shape index (κ2) is 11.9. The molecule has 0 aliphatic carbocycles. The molecule has 0 saturated carbocycles. The number of fused-ring (bicyclic) bond motifs is 1. The molecule has 0 unspecified atom stereocenters. The minimum atomic E-state index is -2.76. The highest BCUT2D eigenvalue weighted by Crippen LogP contribution is 2.42. The monoisotopic (exact) mass is 663 g/mol. The highest BCUT2D eigenvalue weighted by atomic mass is 79.9. The molecule has 1 saturated heterocycles. The van der Waals surface area contributed by atoms with Gasteiger partial charge < -0.3 is 29.6 Å². The molecule has 43 heavy (non-hydrogen) atoms. The van der Waals surface area contributed by atoms with Crippen LogP contribution in [0, 0.1) is 6.92 Å². The molecule has 222 valence electrons. The van der Waals surface area contributed by atoms with Gasteiger partial charge in [0.2, 0.25) is 5.95 Å². The number of hydrogen-bond acceptors (Lipinski definition) is 11. The Balaban J connectivity index is 1.38. The average molecular weight is 665 g/mol. The lowest BCUT2D eigenvalue weighted by atomic mass is 10.2. The minimum Gasteiger partial charge on any atom is -0.494 e. The first kappa shape index (κ1) is 29.0. The van der Waals surface area contributed by atoms with Crippen LogP contribution in [0.4, 0.5) is 28.8 Å². The molecule has 0 amide bonds. The van der Waals surface area contributed by atoms with Gasteiger partial charge in [-0.2, -0.15) is 10.1 Å². The van der Waals surface area contributed by atoms with Crippen molar-refractivity contribution in [2.24, 2.45) is 0 Å². The fourth-order valence-corrected chi connectivity index (χ4v) is 6.72. The van der Waals surface area contributed by atoms with E-state index in [2.05, 4.69) is 51.5 Å². The molecule has 14 heteroatoms. The fraction of sp³-hybridized carbons (Fsp3) is 0.276. The Bertz CT molecular complexity index is 1850. The number of anilines is 5. The third kappa shape index (κ3) is 6.06. The van der Waals surface area contributed by atoms with E-state index in [1.54, 1.807) is 39.0 Å². The van der Waals surface area contributed by atoms with Crippen LogP contribution in [0.1, 0.15) is 5.56 Å².